The van der Waals surface area contributed by atoms with E-state index in [-0.39, 0.29) is 17.7 Å². The van der Waals surface area contributed by atoms with Crippen molar-refractivity contribution >= 4 is 17.1 Å². The molecule has 2 aromatic carbocycles. The average molecular weight is 348 g/mol. The van der Waals surface area contributed by atoms with Crippen molar-refractivity contribution in [1.29, 1.82) is 5.26 Å². The van der Waals surface area contributed by atoms with Crippen LogP contribution in [0.2, 0.25) is 0 Å². The van der Waals surface area contributed by atoms with E-state index in [1.165, 1.54) is 12.1 Å². The number of nitrogens with zero attached hydrogens (tertiary/aromatic N) is 3. The molecule has 0 aliphatic rings. The Hall–Kier alpha value is -2.92. The van der Waals surface area contributed by atoms with Crippen LogP contribution in [0.1, 0.15) is 22.3 Å². The number of aryl methyl sites for hydroxylation is 1. The van der Waals surface area contributed by atoms with Crippen LogP contribution in [-0.2, 0) is 12.6 Å². The minimum absolute atomic E-state index is 0.0188. The Balaban J connectivity index is 2.65. The predicted octanol–water partition coefficient (Wildman–Crippen LogP) is 4.42. The summed E-state index contributed by atoms with van der Waals surface area (Å²) >= 11 is 0. The number of aliphatic hydroxyl groups excluding tert-OH is 1. The fraction of sp³-hybridized carbons (Fsp3) is 0.235. The smallest absolute Gasteiger partial charge is 0.396 e. The Kier molecular flexibility index (Phi) is 5.39. The van der Waals surface area contributed by atoms with Crippen molar-refractivity contribution in [3.05, 3.63) is 52.6 Å². The van der Waals surface area contributed by atoms with E-state index in [2.05, 4.69) is 10.2 Å². The molecule has 0 aliphatic heterocycles. The molecule has 25 heavy (non-hydrogen) atoms. The summed E-state index contributed by atoms with van der Waals surface area (Å²) < 4.78 is 40.1. The van der Waals surface area contributed by atoms with Crippen molar-refractivity contribution in [3.63, 3.8) is 0 Å². The highest BCUT2D eigenvalue weighted by molar-refractivity contribution is 5.73. The van der Waals surface area contributed by atoms with Crippen molar-refractivity contribution in [3.8, 4) is 6.07 Å². The van der Waals surface area contributed by atoms with Gasteiger partial charge in [-0.15, -0.1) is 5.11 Å². The van der Waals surface area contributed by atoms with Gasteiger partial charge in [-0.3, -0.25) is 0 Å². The second-order valence-corrected chi connectivity index (χ2v) is 5.29. The summed E-state index contributed by atoms with van der Waals surface area (Å²) in [6.07, 6.45) is -4.95. The van der Waals surface area contributed by atoms with Crippen LogP contribution in [0, 0.1) is 18.3 Å². The molecule has 0 fully saturated rings. The van der Waals surface area contributed by atoms with Crippen molar-refractivity contribution in [2.45, 2.75) is 19.5 Å². The summed E-state index contributed by atoms with van der Waals surface area (Å²) in [5, 5.41) is 26.0. The summed E-state index contributed by atoms with van der Waals surface area (Å²) in [6, 6.07) is 9.75. The van der Waals surface area contributed by atoms with Crippen LogP contribution >= 0.6 is 0 Å². The molecule has 0 bridgehead atoms. The van der Waals surface area contributed by atoms with Crippen LogP contribution in [0.3, 0.4) is 0 Å². The number of halogens is 3. The number of nitrogens with two attached hydrogens (primary N) is 1. The number of anilines is 1. The van der Waals surface area contributed by atoms with Crippen LogP contribution in [0.15, 0.2) is 40.6 Å². The maximum atomic E-state index is 13.4. The number of nitrogen functional groups attached to an aromatic ring is 1. The molecular weight excluding hydrogens is 333 g/mol. The van der Waals surface area contributed by atoms with Crippen molar-refractivity contribution < 1.29 is 18.3 Å². The number of hydrogen-bond acceptors (Lipinski definition) is 5. The van der Waals surface area contributed by atoms with Gasteiger partial charge in [-0.2, -0.15) is 23.5 Å². The van der Waals surface area contributed by atoms with Gasteiger partial charge in [0.15, 0.2) is 0 Å². The zero-order chi connectivity index (χ0) is 18.6. The molecule has 0 amide bonds. The van der Waals surface area contributed by atoms with Gasteiger partial charge in [0.25, 0.3) is 0 Å². The molecule has 0 aromatic heterocycles. The van der Waals surface area contributed by atoms with Crippen molar-refractivity contribution in [2.75, 3.05) is 12.3 Å². The van der Waals surface area contributed by atoms with E-state index in [1.54, 1.807) is 31.2 Å². The van der Waals surface area contributed by atoms with Gasteiger partial charge in [0.2, 0.25) is 0 Å². The van der Waals surface area contributed by atoms with Gasteiger partial charge in [-0.25, -0.2) is 0 Å². The first-order valence-corrected chi connectivity index (χ1v) is 7.30. The number of hydrogen-bond donors (Lipinski definition) is 2. The second-order valence-electron chi connectivity index (χ2n) is 5.29. The van der Waals surface area contributed by atoms with Gasteiger partial charge in [0.05, 0.1) is 22.5 Å². The quantitative estimate of drug-likeness (QED) is 0.632. The number of alkyl halides is 3. The van der Waals surface area contributed by atoms with Crippen LogP contribution in [0.4, 0.5) is 30.2 Å². The molecule has 3 N–H and O–H groups in total. The molecule has 0 saturated heterocycles. The molecular formula is C17H15F3N4O. The second kappa shape index (κ2) is 7.32. The molecule has 0 atom stereocenters. The molecule has 0 unspecified atom stereocenters. The Morgan fingerprint density at radius 2 is 1.84 bits per heavy atom. The standard InChI is InChI=1S/C17H15F3N4O/c1-10-4-2-3-5-13(10)23-24-14-8-11(6-7-25)12(9-21)15(16(14)22)17(18,19)20/h2-5,8,25H,6-7,22H2,1H3. The van der Waals surface area contributed by atoms with Crippen LogP contribution in [-0.4, -0.2) is 11.7 Å². The first kappa shape index (κ1) is 18.4. The summed E-state index contributed by atoms with van der Waals surface area (Å²) in [7, 11) is 0. The Morgan fingerprint density at radius 1 is 1.20 bits per heavy atom. The molecule has 0 radical (unpaired) electrons. The molecule has 0 saturated carbocycles. The molecule has 2 rings (SSSR count). The van der Waals surface area contributed by atoms with Gasteiger partial charge in [-0.05, 0) is 36.6 Å². The Morgan fingerprint density at radius 3 is 2.40 bits per heavy atom. The third-order valence-electron chi connectivity index (χ3n) is 3.58. The minimum atomic E-state index is -4.83. The third kappa shape index (κ3) is 3.95. The molecule has 0 aliphatic carbocycles. The molecule has 8 heteroatoms. The lowest BCUT2D eigenvalue weighted by molar-refractivity contribution is -0.137. The highest BCUT2D eigenvalue weighted by atomic mass is 19.4. The van der Waals surface area contributed by atoms with Gasteiger partial charge in [0, 0.05) is 6.61 Å². The summed E-state index contributed by atoms with van der Waals surface area (Å²) in [4.78, 5) is 0. The molecule has 2 aromatic rings. The van der Waals surface area contributed by atoms with Gasteiger partial charge < -0.3 is 10.8 Å². The highest BCUT2D eigenvalue weighted by Gasteiger charge is 2.38. The van der Waals surface area contributed by atoms with Crippen LogP contribution < -0.4 is 5.73 Å². The molecule has 130 valence electrons. The molecule has 0 heterocycles. The minimum Gasteiger partial charge on any atom is -0.396 e. The average Bonchev–Trinajstić information content (AvgIpc) is 2.54. The Labute approximate surface area is 142 Å². The van der Waals surface area contributed by atoms with E-state index in [4.69, 9.17) is 16.1 Å². The first-order valence-electron chi connectivity index (χ1n) is 7.30. The van der Waals surface area contributed by atoms with E-state index in [0.717, 1.165) is 5.56 Å². The van der Waals surface area contributed by atoms with E-state index in [1.807, 2.05) is 0 Å². The molecule has 5 nitrogen and oxygen atoms in total. The number of benzene rings is 2. The predicted molar refractivity (Wildman–Crippen MR) is 86.7 cm³/mol. The van der Waals surface area contributed by atoms with E-state index >= 15 is 0 Å². The number of rotatable bonds is 4. The summed E-state index contributed by atoms with van der Waals surface area (Å²) in [5.41, 5.74) is 4.22. The van der Waals surface area contributed by atoms with Crippen molar-refractivity contribution in [1.82, 2.24) is 0 Å². The van der Waals surface area contributed by atoms with Gasteiger partial charge in [-0.1, -0.05) is 18.2 Å². The van der Waals surface area contributed by atoms with Gasteiger partial charge >= 0.3 is 6.18 Å². The lowest BCUT2D eigenvalue weighted by Crippen LogP contribution is -2.14. The third-order valence-corrected chi connectivity index (χ3v) is 3.58. The Bertz CT molecular complexity index is 854. The van der Waals surface area contributed by atoms with Crippen LogP contribution in [0.25, 0.3) is 0 Å². The van der Waals surface area contributed by atoms with E-state index in [0.29, 0.717) is 5.69 Å². The molecule has 0 spiro atoms. The summed E-state index contributed by atoms with van der Waals surface area (Å²) in [5.74, 6) is 0. The van der Waals surface area contributed by atoms with E-state index in [9.17, 15) is 13.2 Å². The summed E-state index contributed by atoms with van der Waals surface area (Å²) in [6.45, 7) is 1.37. The van der Waals surface area contributed by atoms with Crippen molar-refractivity contribution in [2.24, 2.45) is 10.2 Å². The zero-order valence-electron chi connectivity index (χ0n) is 13.3. The van der Waals surface area contributed by atoms with Crippen LogP contribution in [0.5, 0.6) is 0 Å². The largest absolute Gasteiger partial charge is 0.419 e. The maximum Gasteiger partial charge on any atom is 0.419 e. The fourth-order valence-corrected chi connectivity index (χ4v) is 2.34. The highest BCUT2D eigenvalue weighted by Crippen LogP contribution is 2.42. The number of nitriles is 1. The fourth-order valence-electron chi connectivity index (χ4n) is 2.34. The normalized spacial score (nSPS) is 11.7. The lowest BCUT2D eigenvalue weighted by Gasteiger charge is -2.16. The van der Waals surface area contributed by atoms with E-state index < -0.39 is 29.6 Å². The SMILES string of the molecule is Cc1ccccc1N=Nc1cc(CCO)c(C#N)c(C(F)(F)F)c1N. The zero-order valence-corrected chi connectivity index (χ0v) is 13.3. The maximum absolute atomic E-state index is 13.4. The number of aliphatic hydroxyl groups is 1. The topological polar surface area (TPSA) is 94.8 Å². The van der Waals surface area contributed by atoms with Gasteiger partial charge in [0.1, 0.15) is 11.8 Å². The monoisotopic (exact) mass is 348 g/mol. The lowest BCUT2D eigenvalue weighted by atomic mass is 9.96. The first-order chi connectivity index (χ1) is 11.8. The number of azo groups is 1.